The second-order valence-corrected chi connectivity index (χ2v) is 5.44. The largest absolute Gasteiger partial charge is 0.546 e. The Morgan fingerprint density at radius 3 is 2.50 bits per heavy atom. The average Bonchev–Trinajstić information content (AvgIpc) is 2.71. The van der Waals surface area contributed by atoms with Gasteiger partial charge in [0.05, 0.1) is 19.3 Å². The standard InChI is InChI=1S/C19H19N3O6/c1-27-16-9-14(7-8-15(16)28-12-17(23)24)11-21-22-19(26)18(25)20-10-13-5-3-2-4-6-13/h2-9,11H,10,12H2,1H3,(H,20,25)(H,22,26)(H,23,24)/p-1/b21-11-. The number of carboxylic acids is 1. The molecule has 0 heterocycles. The van der Waals surface area contributed by atoms with Gasteiger partial charge in [0.15, 0.2) is 11.5 Å². The maximum atomic E-state index is 11.7. The van der Waals surface area contributed by atoms with E-state index in [2.05, 4.69) is 15.8 Å². The zero-order valence-electron chi connectivity index (χ0n) is 15.0. The van der Waals surface area contributed by atoms with E-state index in [1.807, 2.05) is 30.3 Å². The van der Waals surface area contributed by atoms with E-state index >= 15 is 0 Å². The first kappa shape index (κ1) is 20.4. The van der Waals surface area contributed by atoms with Crippen LogP contribution in [0, 0.1) is 0 Å². The van der Waals surface area contributed by atoms with Crippen LogP contribution in [0.5, 0.6) is 11.5 Å². The van der Waals surface area contributed by atoms with Crippen molar-refractivity contribution in [3.05, 3.63) is 59.7 Å². The van der Waals surface area contributed by atoms with Crippen molar-refractivity contribution in [3.8, 4) is 11.5 Å². The summed E-state index contributed by atoms with van der Waals surface area (Å²) in [6.07, 6.45) is 1.30. The van der Waals surface area contributed by atoms with Crippen molar-refractivity contribution in [2.45, 2.75) is 6.54 Å². The van der Waals surface area contributed by atoms with Gasteiger partial charge < -0.3 is 24.7 Å². The predicted octanol–water partition coefficient (Wildman–Crippen LogP) is -0.410. The molecular formula is C19H18N3O6-. The van der Waals surface area contributed by atoms with Crippen LogP contribution in [0.4, 0.5) is 0 Å². The summed E-state index contributed by atoms with van der Waals surface area (Å²) in [5.41, 5.74) is 3.51. The first-order valence-corrected chi connectivity index (χ1v) is 8.15. The molecule has 0 aliphatic rings. The van der Waals surface area contributed by atoms with Crippen LogP contribution < -0.4 is 25.3 Å². The lowest BCUT2D eigenvalue weighted by Crippen LogP contribution is -2.37. The van der Waals surface area contributed by atoms with Crippen LogP contribution in [-0.2, 0) is 20.9 Å². The van der Waals surface area contributed by atoms with Gasteiger partial charge in [-0.05, 0) is 29.3 Å². The topological polar surface area (TPSA) is 129 Å². The van der Waals surface area contributed by atoms with E-state index in [4.69, 9.17) is 9.47 Å². The molecule has 2 amide bonds. The van der Waals surface area contributed by atoms with Gasteiger partial charge in [-0.2, -0.15) is 5.10 Å². The van der Waals surface area contributed by atoms with E-state index in [1.165, 1.54) is 25.5 Å². The van der Waals surface area contributed by atoms with Gasteiger partial charge in [-0.15, -0.1) is 0 Å². The number of carbonyl (C=O) groups excluding carboxylic acids is 3. The molecule has 9 nitrogen and oxygen atoms in total. The highest BCUT2D eigenvalue weighted by molar-refractivity contribution is 6.35. The molecule has 0 bridgehead atoms. The lowest BCUT2D eigenvalue weighted by molar-refractivity contribution is -0.307. The van der Waals surface area contributed by atoms with Crippen LogP contribution in [0.15, 0.2) is 53.6 Å². The predicted molar refractivity (Wildman–Crippen MR) is 97.5 cm³/mol. The van der Waals surface area contributed by atoms with Crippen LogP contribution >= 0.6 is 0 Å². The number of amides is 2. The van der Waals surface area contributed by atoms with Gasteiger partial charge in [-0.3, -0.25) is 9.59 Å². The number of benzene rings is 2. The summed E-state index contributed by atoms with van der Waals surface area (Å²) in [6, 6.07) is 13.7. The molecule has 0 radical (unpaired) electrons. The molecular weight excluding hydrogens is 366 g/mol. The molecule has 0 aromatic heterocycles. The minimum atomic E-state index is -1.36. The third-order valence-corrected chi connectivity index (χ3v) is 3.42. The quantitative estimate of drug-likeness (QED) is 0.362. The normalized spacial score (nSPS) is 10.3. The number of rotatable bonds is 8. The Kier molecular flexibility index (Phi) is 7.53. The van der Waals surface area contributed by atoms with E-state index in [1.54, 1.807) is 6.07 Å². The molecule has 9 heteroatoms. The number of methoxy groups -OCH3 is 1. The third-order valence-electron chi connectivity index (χ3n) is 3.42. The zero-order chi connectivity index (χ0) is 20.4. The molecule has 2 aromatic carbocycles. The van der Waals surface area contributed by atoms with Crippen LogP contribution in [0.3, 0.4) is 0 Å². The van der Waals surface area contributed by atoms with Crippen LogP contribution in [0.25, 0.3) is 0 Å². The molecule has 2 N–H and O–H groups in total. The van der Waals surface area contributed by atoms with E-state index in [9.17, 15) is 19.5 Å². The van der Waals surface area contributed by atoms with Crippen LogP contribution in [0.2, 0.25) is 0 Å². The van der Waals surface area contributed by atoms with Gasteiger partial charge in [0.25, 0.3) is 0 Å². The van der Waals surface area contributed by atoms with E-state index in [0.29, 0.717) is 5.56 Å². The second kappa shape index (κ2) is 10.3. The Hall–Kier alpha value is -3.88. The maximum absolute atomic E-state index is 11.7. The van der Waals surface area contributed by atoms with Crippen molar-refractivity contribution in [2.24, 2.45) is 5.10 Å². The third kappa shape index (κ3) is 6.45. The summed E-state index contributed by atoms with van der Waals surface area (Å²) < 4.78 is 10.1. The number of nitrogens with zero attached hydrogens (tertiary/aromatic N) is 1. The number of carbonyl (C=O) groups is 3. The molecule has 0 unspecified atom stereocenters. The van der Waals surface area contributed by atoms with Crippen LogP contribution in [-0.4, -0.2) is 37.7 Å². The smallest absolute Gasteiger partial charge is 0.329 e. The fourth-order valence-electron chi connectivity index (χ4n) is 2.10. The summed E-state index contributed by atoms with van der Waals surface area (Å²) >= 11 is 0. The van der Waals surface area contributed by atoms with Crippen molar-refractivity contribution < 1.29 is 29.0 Å². The van der Waals surface area contributed by atoms with Crippen LogP contribution in [0.1, 0.15) is 11.1 Å². The maximum Gasteiger partial charge on any atom is 0.329 e. The number of carboxylic acid groups (broad SMARTS) is 1. The monoisotopic (exact) mass is 384 g/mol. The Morgan fingerprint density at radius 1 is 1.07 bits per heavy atom. The number of nitrogens with one attached hydrogen (secondary N) is 2. The van der Waals surface area contributed by atoms with E-state index in [0.717, 1.165) is 5.56 Å². The molecule has 0 saturated heterocycles. The zero-order valence-corrected chi connectivity index (χ0v) is 15.0. The molecule has 2 aromatic rings. The average molecular weight is 384 g/mol. The summed E-state index contributed by atoms with van der Waals surface area (Å²) in [5.74, 6) is -2.59. The molecule has 0 aliphatic carbocycles. The summed E-state index contributed by atoms with van der Waals surface area (Å²) in [5, 5.41) is 16.6. The van der Waals surface area contributed by atoms with E-state index < -0.39 is 24.4 Å². The van der Waals surface area contributed by atoms with Crippen molar-refractivity contribution in [1.82, 2.24) is 10.7 Å². The summed E-state index contributed by atoms with van der Waals surface area (Å²) in [4.78, 5) is 33.9. The van der Waals surface area contributed by atoms with E-state index in [-0.39, 0.29) is 18.0 Å². The molecule has 0 spiro atoms. The van der Waals surface area contributed by atoms with Crippen molar-refractivity contribution in [2.75, 3.05) is 13.7 Å². The number of ether oxygens (including phenoxy) is 2. The Balaban J connectivity index is 1.87. The molecule has 0 aliphatic heterocycles. The fraction of sp³-hybridized carbons (Fsp3) is 0.158. The summed E-state index contributed by atoms with van der Waals surface area (Å²) in [7, 11) is 1.39. The highest BCUT2D eigenvalue weighted by Gasteiger charge is 2.12. The molecule has 0 atom stereocenters. The second-order valence-electron chi connectivity index (χ2n) is 5.44. The number of hydrogen-bond acceptors (Lipinski definition) is 7. The minimum Gasteiger partial charge on any atom is -0.546 e. The minimum absolute atomic E-state index is 0.216. The lowest BCUT2D eigenvalue weighted by Gasteiger charge is -2.11. The molecule has 28 heavy (non-hydrogen) atoms. The number of aliphatic carboxylic acids is 1. The molecule has 2 rings (SSSR count). The highest BCUT2D eigenvalue weighted by atomic mass is 16.5. The molecule has 0 saturated carbocycles. The van der Waals surface area contributed by atoms with Gasteiger partial charge in [0.2, 0.25) is 0 Å². The Bertz CT molecular complexity index is 867. The lowest BCUT2D eigenvalue weighted by atomic mass is 10.2. The SMILES string of the molecule is COc1cc(/C=N\NC(=O)C(=O)NCc2ccccc2)ccc1OCC(=O)[O-]. The van der Waals surface area contributed by atoms with Crippen molar-refractivity contribution in [1.29, 1.82) is 0 Å². The first-order valence-electron chi connectivity index (χ1n) is 8.15. The van der Waals surface area contributed by atoms with Gasteiger partial charge in [-0.25, -0.2) is 5.43 Å². The first-order chi connectivity index (χ1) is 13.5. The highest BCUT2D eigenvalue weighted by Crippen LogP contribution is 2.27. The van der Waals surface area contributed by atoms with Gasteiger partial charge in [0.1, 0.15) is 6.61 Å². The molecule has 0 fully saturated rings. The van der Waals surface area contributed by atoms with Gasteiger partial charge >= 0.3 is 11.8 Å². The summed E-state index contributed by atoms with van der Waals surface area (Å²) in [6.45, 7) is -0.390. The molecule has 146 valence electrons. The Labute approximate surface area is 161 Å². The van der Waals surface area contributed by atoms with Gasteiger partial charge in [-0.1, -0.05) is 30.3 Å². The van der Waals surface area contributed by atoms with Gasteiger partial charge in [0, 0.05) is 6.54 Å². The van der Waals surface area contributed by atoms with Crippen molar-refractivity contribution >= 4 is 24.0 Å². The number of hydrazone groups is 1. The van der Waals surface area contributed by atoms with Crippen molar-refractivity contribution in [3.63, 3.8) is 0 Å². The Morgan fingerprint density at radius 2 is 1.82 bits per heavy atom. The number of hydrogen-bond donors (Lipinski definition) is 2. The fourth-order valence-corrected chi connectivity index (χ4v) is 2.10.